The van der Waals surface area contributed by atoms with E-state index in [1.54, 1.807) is 18.2 Å². The predicted molar refractivity (Wildman–Crippen MR) is 61.4 cm³/mol. The molecular formula is C11H11Cl2NO. The number of unbranched alkanes of at least 4 members (excludes halogenated alkanes) is 1. The highest BCUT2D eigenvalue weighted by atomic mass is 35.5. The molecule has 0 saturated carbocycles. The van der Waals surface area contributed by atoms with Gasteiger partial charge in [0, 0.05) is 17.0 Å². The third-order valence-corrected chi connectivity index (χ3v) is 2.38. The largest absolute Gasteiger partial charge is 0.493 e. The lowest BCUT2D eigenvalue weighted by Gasteiger charge is -2.09. The van der Waals surface area contributed by atoms with Gasteiger partial charge in [0.05, 0.1) is 18.6 Å². The van der Waals surface area contributed by atoms with E-state index in [9.17, 15) is 0 Å². The van der Waals surface area contributed by atoms with Gasteiger partial charge in [0.2, 0.25) is 0 Å². The van der Waals surface area contributed by atoms with E-state index < -0.39 is 0 Å². The van der Waals surface area contributed by atoms with Gasteiger partial charge in [0.25, 0.3) is 0 Å². The van der Waals surface area contributed by atoms with Crippen molar-refractivity contribution in [3.05, 3.63) is 28.8 Å². The summed E-state index contributed by atoms with van der Waals surface area (Å²) < 4.78 is 5.49. The minimum absolute atomic E-state index is 0.369. The molecule has 0 atom stereocenters. The van der Waals surface area contributed by atoms with Crippen molar-refractivity contribution >= 4 is 23.2 Å². The third-order valence-electron chi connectivity index (χ3n) is 1.86. The van der Waals surface area contributed by atoms with Crippen molar-refractivity contribution in [3.8, 4) is 11.8 Å². The van der Waals surface area contributed by atoms with Crippen molar-refractivity contribution in [1.82, 2.24) is 0 Å². The molecule has 0 bridgehead atoms. The van der Waals surface area contributed by atoms with E-state index in [4.69, 9.17) is 33.2 Å². The molecule has 0 fully saturated rings. The summed E-state index contributed by atoms with van der Waals surface area (Å²) >= 11 is 11.6. The standard InChI is InChI=1S/C11H11Cl2NO/c12-8-9-7-10(13)3-4-11(9)15-6-2-1-5-14/h3-4,7H,1-2,6,8H2. The number of benzene rings is 1. The van der Waals surface area contributed by atoms with Gasteiger partial charge in [-0.25, -0.2) is 0 Å². The molecule has 1 aromatic rings. The summed E-state index contributed by atoms with van der Waals surface area (Å²) in [5.74, 6) is 1.11. The topological polar surface area (TPSA) is 33.0 Å². The average molecular weight is 244 g/mol. The van der Waals surface area contributed by atoms with E-state index in [-0.39, 0.29) is 0 Å². The Kier molecular flexibility index (Phi) is 5.31. The summed E-state index contributed by atoms with van der Waals surface area (Å²) in [4.78, 5) is 0. The molecule has 15 heavy (non-hydrogen) atoms. The molecule has 1 rings (SSSR count). The van der Waals surface area contributed by atoms with Gasteiger partial charge in [-0.3, -0.25) is 0 Å². The number of halogens is 2. The Morgan fingerprint density at radius 1 is 1.40 bits per heavy atom. The van der Waals surface area contributed by atoms with Crippen LogP contribution in [0.4, 0.5) is 0 Å². The van der Waals surface area contributed by atoms with Crippen LogP contribution < -0.4 is 4.74 Å². The van der Waals surface area contributed by atoms with Gasteiger partial charge in [-0.1, -0.05) is 11.6 Å². The Labute approximate surface area is 99.4 Å². The summed E-state index contributed by atoms with van der Waals surface area (Å²) in [6, 6.07) is 7.41. The Morgan fingerprint density at radius 3 is 2.87 bits per heavy atom. The normalized spacial score (nSPS) is 9.67. The molecule has 2 nitrogen and oxygen atoms in total. The van der Waals surface area contributed by atoms with Gasteiger partial charge in [-0.15, -0.1) is 11.6 Å². The molecule has 4 heteroatoms. The monoisotopic (exact) mass is 243 g/mol. The minimum Gasteiger partial charge on any atom is -0.493 e. The molecule has 80 valence electrons. The SMILES string of the molecule is N#CCCCOc1ccc(Cl)cc1CCl. The molecule has 0 aliphatic rings. The van der Waals surface area contributed by atoms with Gasteiger partial charge in [-0.2, -0.15) is 5.26 Å². The highest BCUT2D eigenvalue weighted by Crippen LogP contribution is 2.24. The van der Waals surface area contributed by atoms with E-state index >= 15 is 0 Å². The fraction of sp³-hybridized carbons (Fsp3) is 0.364. The first-order valence-corrected chi connectivity index (χ1v) is 5.53. The molecule has 1 aromatic carbocycles. The van der Waals surface area contributed by atoms with Crippen molar-refractivity contribution in [2.75, 3.05) is 6.61 Å². The number of rotatable bonds is 5. The Bertz CT molecular complexity index is 360. The zero-order valence-corrected chi connectivity index (χ0v) is 9.68. The lowest BCUT2D eigenvalue weighted by Crippen LogP contribution is -1.99. The fourth-order valence-corrected chi connectivity index (χ4v) is 1.53. The lowest BCUT2D eigenvalue weighted by molar-refractivity contribution is 0.310. The second-order valence-corrected chi connectivity index (χ2v) is 3.70. The van der Waals surface area contributed by atoms with Gasteiger partial charge in [-0.05, 0) is 24.6 Å². The van der Waals surface area contributed by atoms with Gasteiger partial charge in [0.1, 0.15) is 5.75 Å². The number of hydrogen-bond acceptors (Lipinski definition) is 2. The van der Waals surface area contributed by atoms with Crippen LogP contribution in [0.15, 0.2) is 18.2 Å². The highest BCUT2D eigenvalue weighted by molar-refractivity contribution is 6.30. The smallest absolute Gasteiger partial charge is 0.123 e. The number of nitriles is 1. The lowest BCUT2D eigenvalue weighted by atomic mass is 10.2. The second kappa shape index (κ2) is 6.55. The number of hydrogen-bond donors (Lipinski definition) is 0. The first kappa shape index (κ1) is 12.2. The Hall–Kier alpha value is -0.910. The van der Waals surface area contributed by atoms with Gasteiger partial charge >= 0.3 is 0 Å². The molecule has 0 N–H and O–H groups in total. The summed E-state index contributed by atoms with van der Waals surface area (Å²) in [5.41, 5.74) is 0.876. The zero-order chi connectivity index (χ0) is 11.1. The molecule has 0 amide bonds. The molecule has 0 radical (unpaired) electrons. The maximum atomic E-state index is 8.36. The van der Waals surface area contributed by atoms with Crippen LogP contribution in [0.3, 0.4) is 0 Å². The van der Waals surface area contributed by atoms with Crippen LogP contribution in [0.2, 0.25) is 5.02 Å². The zero-order valence-electron chi connectivity index (χ0n) is 8.17. The van der Waals surface area contributed by atoms with E-state index in [2.05, 4.69) is 6.07 Å². The van der Waals surface area contributed by atoms with Crippen molar-refractivity contribution in [2.45, 2.75) is 18.7 Å². The summed E-state index contributed by atoms with van der Waals surface area (Å²) in [6.45, 7) is 0.527. The van der Waals surface area contributed by atoms with Crippen LogP contribution in [0.1, 0.15) is 18.4 Å². The van der Waals surface area contributed by atoms with Crippen molar-refractivity contribution in [1.29, 1.82) is 5.26 Å². The van der Waals surface area contributed by atoms with Crippen LogP contribution in [-0.4, -0.2) is 6.61 Å². The maximum absolute atomic E-state index is 8.36. The molecule has 0 aliphatic heterocycles. The van der Waals surface area contributed by atoms with E-state index in [1.165, 1.54) is 0 Å². The van der Waals surface area contributed by atoms with Gasteiger partial charge < -0.3 is 4.74 Å². The third kappa shape index (κ3) is 3.99. The van der Waals surface area contributed by atoms with E-state index in [1.807, 2.05) is 0 Å². The molecule has 0 aliphatic carbocycles. The fourth-order valence-electron chi connectivity index (χ4n) is 1.13. The Balaban J connectivity index is 2.57. The van der Waals surface area contributed by atoms with Crippen molar-refractivity contribution in [2.24, 2.45) is 0 Å². The quantitative estimate of drug-likeness (QED) is 0.583. The maximum Gasteiger partial charge on any atom is 0.123 e. The summed E-state index contributed by atoms with van der Waals surface area (Å²) in [5, 5.41) is 9.00. The number of nitrogens with zero attached hydrogens (tertiary/aromatic N) is 1. The van der Waals surface area contributed by atoms with Crippen LogP contribution in [0.25, 0.3) is 0 Å². The molecule has 0 spiro atoms. The van der Waals surface area contributed by atoms with Gasteiger partial charge in [0.15, 0.2) is 0 Å². The molecule has 0 saturated heterocycles. The first-order chi connectivity index (χ1) is 7.27. The minimum atomic E-state index is 0.369. The van der Waals surface area contributed by atoms with Crippen LogP contribution in [-0.2, 0) is 5.88 Å². The molecule has 0 heterocycles. The molecule has 0 aromatic heterocycles. The second-order valence-electron chi connectivity index (χ2n) is 3.00. The highest BCUT2D eigenvalue weighted by Gasteiger charge is 2.03. The average Bonchev–Trinajstić information content (AvgIpc) is 2.26. The van der Waals surface area contributed by atoms with Crippen molar-refractivity contribution < 1.29 is 4.74 Å². The number of alkyl halides is 1. The van der Waals surface area contributed by atoms with E-state index in [0.717, 1.165) is 17.7 Å². The molecule has 0 unspecified atom stereocenters. The predicted octanol–water partition coefficient (Wildman–Crippen LogP) is 3.76. The Morgan fingerprint density at radius 2 is 2.20 bits per heavy atom. The summed E-state index contributed by atoms with van der Waals surface area (Å²) in [7, 11) is 0. The number of ether oxygens (including phenoxy) is 1. The van der Waals surface area contributed by atoms with E-state index in [0.29, 0.717) is 23.9 Å². The molecular weight excluding hydrogens is 233 g/mol. The van der Waals surface area contributed by atoms with Crippen LogP contribution in [0.5, 0.6) is 5.75 Å². The van der Waals surface area contributed by atoms with Crippen molar-refractivity contribution in [3.63, 3.8) is 0 Å². The van der Waals surface area contributed by atoms with Crippen LogP contribution >= 0.6 is 23.2 Å². The summed E-state index contributed by atoms with van der Waals surface area (Å²) in [6.07, 6.45) is 1.23. The first-order valence-electron chi connectivity index (χ1n) is 4.62. The van der Waals surface area contributed by atoms with Crippen LogP contribution in [0, 0.1) is 11.3 Å².